The molecule has 0 aliphatic heterocycles. The summed E-state index contributed by atoms with van der Waals surface area (Å²) in [5.41, 5.74) is 2.79. The Morgan fingerprint density at radius 1 is 1.37 bits per heavy atom. The van der Waals surface area contributed by atoms with Crippen molar-refractivity contribution in [1.29, 1.82) is 0 Å². The second kappa shape index (κ2) is 7.82. The molecule has 1 atom stereocenters. The number of methoxy groups -OCH3 is 1. The maximum Gasteiger partial charge on any atom is 0.337 e. The molecule has 3 nitrogen and oxygen atoms in total. The third-order valence-electron chi connectivity index (χ3n) is 3.41. The highest BCUT2D eigenvalue weighted by Crippen LogP contribution is 2.20. The number of hydrogen-bond acceptors (Lipinski definition) is 3. The maximum absolute atomic E-state index is 11.5. The van der Waals surface area contributed by atoms with E-state index in [0.29, 0.717) is 11.6 Å². The molecule has 0 bridgehead atoms. The molecule has 0 spiro atoms. The van der Waals surface area contributed by atoms with Gasteiger partial charge in [0.1, 0.15) is 0 Å². The third-order valence-corrected chi connectivity index (χ3v) is 3.41. The topological polar surface area (TPSA) is 38.3 Å². The molecule has 1 rings (SSSR count). The molecule has 0 amide bonds. The van der Waals surface area contributed by atoms with Gasteiger partial charge in [0.15, 0.2) is 0 Å². The molecule has 1 N–H and O–H groups in total. The first-order chi connectivity index (χ1) is 9.12. The fourth-order valence-corrected chi connectivity index (χ4v) is 2.12. The van der Waals surface area contributed by atoms with Crippen molar-refractivity contribution in [2.45, 2.75) is 52.5 Å². The lowest BCUT2D eigenvalue weighted by molar-refractivity contribution is 0.0600. The number of rotatable bonds is 7. The minimum absolute atomic E-state index is 0.285. The number of anilines is 1. The van der Waals surface area contributed by atoms with Crippen LogP contribution in [0.25, 0.3) is 0 Å². The van der Waals surface area contributed by atoms with Crippen LogP contribution in [0.5, 0.6) is 0 Å². The summed E-state index contributed by atoms with van der Waals surface area (Å²) in [7, 11) is 1.40. The van der Waals surface area contributed by atoms with Crippen LogP contribution in [0.3, 0.4) is 0 Å². The lowest BCUT2D eigenvalue weighted by Crippen LogP contribution is -2.19. The Hall–Kier alpha value is -1.51. The van der Waals surface area contributed by atoms with E-state index in [9.17, 15) is 4.79 Å². The molecule has 0 aliphatic carbocycles. The normalized spacial score (nSPS) is 12.0. The molecule has 3 heteroatoms. The summed E-state index contributed by atoms with van der Waals surface area (Å²) in [6.45, 7) is 6.43. The van der Waals surface area contributed by atoms with Crippen LogP contribution < -0.4 is 5.32 Å². The van der Waals surface area contributed by atoms with Gasteiger partial charge in [-0.25, -0.2) is 4.79 Å². The van der Waals surface area contributed by atoms with Crippen molar-refractivity contribution >= 4 is 11.7 Å². The van der Waals surface area contributed by atoms with E-state index in [1.807, 2.05) is 25.1 Å². The van der Waals surface area contributed by atoms with Gasteiger partial charge in [0, 0.05) is 11.7 Å². The van der Waals surface area contributed by atoms with E-state index in [1.165, 1.54) is 26.4 Å². The van der Waals surface area contributed by atoms with E-state index in [-0.39, 0.29) is 5.97 Å². The average Bonchev–Trinajstić information content (AvgIpc) is 2.44. The van der Waals surface area contributed by atoms with E-state index < -0.39 is 0 Å². The van der Waals surface area contributed by atoms with Crippen molar-refractivity contribution in [3.63, 3.8) is 0 Å². The second-order valence-corrected chi connectivity index (χ2v) is 4.91. The zero-order chi connectivity index (χ0) is 14.3. The molecular weight excluding hydrogens is 238 g/mol. The summed E-state index contributed by atoms with van der Waals surface area (Å²) >= 11 is 0. The molecule has 1 aromatic carbocycles. The van der Waals surface area contributed by atoms with Crippen molar-refractivity contribution in [1.82, 2.24) is 0 Å². The van der Waals surface area contributed by atoms with Crippen LogP contribution in [0.15, 0.2) is 18.2 Å². The number of carbonyl (C=O) groups is 1. The Labute approximate surface area is 116 Å². The van der Waals surface area contributed by atoms with Crippen molar-refractivity contribution in [3.05, 3.63) is 29.3 Å². The van der Waals surface area contributed by atoms with E-state index in [0.717, 1.165) is 17.7 Å². The fraction of sp³-hybridized carbons (Fsp3) is 0.562. The molecule has 1 aromatic rings. The van der Waals surface area contributed by atoms with E-state index in [1.54, 1.807) is 0 Å². The predicted octanol–water partition coefficient (Wildman–Crippen LogP) is 4.16. The molecule has 106 valence electrons. The zero-order valence-corrected chi connectivity index (χ0v) is 12.5. The van der Waals surface area contributed by atoms with Gasteiger partial charge in [-0.2, -0.15) is 0 Å². The molecule has 0 saturated heterocycles. The first-order valence-corrected chi connectivity index (χ1v) is 7.07. The average molecular weight is 263 g/mol. The monoisotopic (exact) mass is 263 g/mol. The molecular formula is C16H25NO2. The Bertz CT molecular complexity index is 415. The largest absolute Gasteiger partial charge is 0.465 e. The summed E-state index contributed by atoms with van der Waals surface area (Å²) in [6, 6.07) is 6.16. The quantitative estimate of drug-likeness (QED) is 0.751. The lowest BCUT2D eigenvalue weighted by Gasteiger charge is -2.19. The minimum atomic E-state index is -0.285. The smallest absolute Gasteiger partial charge is 0.337 e. The summed E-state index contributed by atoms with van der Waals surface area (Å²) in [5, 5.41) is 3.56. The lowest BCUT2D eigenvalue weighted by atomic mass is 10.0. The van der Waals surface area contributed by atoms with E-state index in [4.69, 9.17) is 4.74 Å². The second-order valence-electron chi connectivity index (χ2n) is 4.91. The highest BCUT2D eigenvalue weighted by atomic mass is 16.5. The Morgan fingerprint density at radius 3 is 2.63 bits per heavy atom. The number of nitrogens with one attached hydrogen (secondary N) is 1. The highest BCUT2D eigenvalue weighted by molar-refractivity contribution is 5.90. The molecule has 19 heavy (non-hydrogen) atoms. The van der Waals surface area contributed by atoms with Crippen molar-refractivity contribution in [2.24, 2.45) is 0 Å². The van der Waals surface area contributed by atoms with E-state index in [2.05, 4.69) is 19.2 Å². The van der Waals surface area contributed by atoms with Gasteiger partial charge < -0.3 is 10.1 Å². The molecule has 0 aliphatic rings. The van der Waals surface area contributed by atoms with Crippen LogP contribution in [0.2, 0.25) is 0 Å². The summed E-state index contributed by atoms with van der Waals surface area (Å²) < 4.78 is 4.73. The third kappa shape index (κ3) is 4.58. The SMILES string of the molecule is CCCCC(CC)Nc1ccc(C(=O)OC)cc1C. The van der Waals surface area contributed by atoms with Crippen LogP contribution in [0.1, 0.15) is 55.5 Å². The number of benzene rings is 1. The molecule has 1 unspecified atom stereocenters. The van der Waals surface area contributed by atoms with E-state index >= 15 is 0 Å². The Kier molecular flexibility index (Phi) is 6.40. The standard InChI is InChI=1S/C16H25NO2/c1-5-7-8-14(6-2)17-15-10-9-13(11-12(15)3)16(18)19-4/h9-11,14,17H,5-8H2,1-4H3. The highest BCUT2D eigenvalue weighted by Gasteiger charge is 2.10. The maximum atomic E-state index is 11.5. The Morgan fingerprint density at radius 2 is 2.11 bits per heavy atom. The van der Waals surface area contributed by atoms with Crippen LogP contribution in [0, 0.1) is 6.92 Å². The number of unbranched alkanes of at least 4 members (excludes halogenated alkanes) is 1. The van der Waals surface area contributed by atoms with Crippen LogP contribution in [-0.4, -0.2) is 19.1 Å². The number of esters is 1. The molecule has 0 heterocycles. The van der Waals surface area contributed by atoms with Crippen LogP contribution in [0.4, 0.5) is 5.69 Å². The predicted molar refractivity (Wildman–Crippen MR) is 79.7 cm³/mol. The van der Waals surface area contributed by atoms with Crippen LogP contribution in [-0.2, 0) is 4.74 Å². The van der Waals surface area contributed by atoms with Gasteiger partial charge in [0.2, 0.25) is 0 Å². The number of aryl methyl sites for hydroxylation is 1. The first-order valence-electron chi connectivity index (χ1n) is 7.07. The number of hydrogen-bond donors (Lipinski definition) is 1. The van der Waals surface area contributed by atoms with Gasteiger partial charge in [-0.05, 0) is 43.5 Å². The van der Waals surface area contributed by atoms with Gasteiger partial charge in [-0.15, -0.1) is 0 Å². The van der Waals surface area contributed by atoms with Gasteiger partial charge >= 0.3 is 5.97 Å². The Balaban J connectivity index is 2.75. The number of carbonyl (C=O) groups excluding carboxylic acids is 1. The fourth-order valence-electron chi connectivity index (χ4n) is 2.12. The minimum Gasteiger partial charge on any atom is -0.465 e. The van der Waals surface area contributed by atoms with Crippen molar-refractivity contribution in [2.75, 3.05) is 12.4 Å². The van der Waals surface area contributed by atoms with Crippen molar-refractivity contribution < 1.29 is 9.53 Å². The summed E-state index contributed by atoms with van der Waals surface area (Å²) in [5.74, 6) is -0.285. The zero-order valence-electron chi connectivity index (χ0n) is 12.5. The molecule has 0 fully saturated rings. The van der Waals surface area contributed by atoms with Gasteiger partial charge in [-0.1, -0.05) is 26.7 Å². The van der Waals surface area contributed by atoms with Gasteiger partial charge in [0.05, 0.1) is 12.7 Å². The number of ether oxygens (including phenoxy) is 1. The first kappa shape index (κ1) is 15.5. The summed E-state index contributed by atoms with van der Waals surface area (Å²) in [4.78, 5) is 11.5. The summed E-state index contributed by atoms with van der Waals surface area (Å²) in [6.07, 6.45) is 4.76. The molecule has 0 aromatic heterocycles. The van der Waals surface area contributed by atoms with Crippen LogP contribution >= 0.6 is 0 Å². The van der Waals surface area contributed by atoms with Gasteiger partial charge in [0.25, 0.3) is 0 Å². The molecule has 0 radical (unpaired) electrons. The van der Waals surface area contributed by atoms with Gasteiger partial charge in [-0.3, -0.25) is 0 Å². The molecule has 0 saturated carbocycles. The van der Waals surface area contributed by atoms with Crippen molar-refractivity contribution in [3.8, 4) is 0 Å².